The molecule has 0 unspecified atom stereocenters. The topological polar surface area (TPSA) is 98.4 Å². The fourth-order valence-corrected chi connectivity index (χ4v) is 3.02. The summed E-state index contributed by atoms with van der Waals surface area (Å²) in [5, 5.41) is 3.22. The minimum Gasteiger partial charge on any atom is -0.467 e. The number of benzene rings is 2. The number of ether oxygens (including phenoxy) is 2. The van der Waals surface area contributed by atoms with Gasteiger partial charge in [0.1, 0.15) is 0 Å². The molecule has 0 spiro atoms. The number of rotatable bonds is 5. The van der Waals surface area contributed by atoms with Crippen LogP contribution in [-0.2, 0) is 4.74 Å². The van der Waals surface area contributed by atoms with Gasteiger partial charge in [0.25, 0.3) is 0 Å². The Hall–Kier alpha value is -3.39. The molecule has 0 atom stereocenters. The van der Waals surface area contributed by atoms with Crippen LogP contribution in [-0.4, -0.2) is 48.4 Å². The van der Waals surface area contributed by atoms with Crippen molar-refractivity contribution >= 4 is 23.0 Å². The molecule has 0 radical (unpaired) electrons. The Labute approximate surface area is 163 Å². The van der Waals surface area contributed by atoms with E-state index in [2.05, 4.69) is 37.3 Å². The van der Waals surface area contributed by atoms with Crippen LogP contribution in [0.5, 0.6) is 6.01 Å². The van der Waals surface area contributed by atoms with Gasteiger partial charge in [-0.05, 0) is 36.4 Å². The first-order valence-electron chi connectivity index (χ1n) is 9.07. The number of nitrogens with zero attached hydrogens (tertiary/aromatic N) is 4. The third-order valence-electron chi connectivity index (χ3n) is 4.44. The van der Waals surface area contributed by atoms with Crippen LogP contribution in [0, 0.1) is 0 Å². The lowest BCUT2D eigenvalue weighted by molar-refractivity contribution is 0.122. The lowest BCUT2D eigenvalue weighted by Gasteiger charge is -2.28. The molecular weight excluding hydrogens is 356 g/mol. The molecule has 1 aromatic heterocycles. The van der Waals surface area contributed by atoms with Crippen LogP contribution < -0.4 is 20.7 Å². The van der Waals surface area contributed by atoms with Crippen LogP contribution >= 0.6 is 0 Å². The molecule has 144 valence electrons. The van der Waals surface area contributed by atoms with Gasteiger partial charge < -0.3 is 25.4 Å². The molecule has 0 aliphatic carbocycles. The van der Waals surface area contributed by atoms with Crippen molar-refractivity contribution in [3.8, 4) is 17.4 Å². The Kier molecular flexibility index (Phi) is 5.20. The van der Waals surface area contributed by atoms with Crippen molar-refractivity contribution in [1.29, 1.82) is 0 Å². The smallest absolute Gasteiger partial charge is 0.321 e. The van der Waals surface area contributed by atoms with Crippen molar-refractivity contribution in [1.82, 2.24) is 15.0 Å². The van der Waals surface area contributed by atoms with E-state index in [9.17, 15) is 0 Å². The van der Waals surface area contributed by atoms with Gasteiger partial charge in [-0.15, -0.1) is 0 Å². The second-order valence-electron chi connectivity index (χ2n) is 6.37. The summed E-state index contributed by atoms with van der Waals surface area (Å²) >= 11 is 0. The molecule has 1 aliphatic rings. The molecule has 3 N–H and O–H groups in total. The molecule has 0 saturated carbocycles. The lowest BCUT2D eigenvalue weighted by atomic mass is 10.2. The SMILES string of the molecule is COc1nc(Nc2ccc(N3CCOCC3)cc2)nc(-c2cccc(N)c2)n1. The summed E-state index contributed by atoms with van der Waals surface area (Å²) in [5.41, 5.74) is 9.36. The van der Waals surface area contributed by atoms with Crippen LogP contribution in [0.3, 0.4) is 0 Å². The highest BCUT2D eigenvalue weighted by atomic mass is 16.5. The van der Waals surface area contributed by atoms with E-state index in [1.165, 1.54) is 12.8 Å². The van der Waals surface area contributed by atoms with E-state index in [1.54, 1.807) is 0 Å². The highest BCUT2D eigenvalue weighted by Crippen LogP contribution is 2.24. The number of hydrogen-bond acceptors (Lipinski definition) is 8. The maximum atomic E-state index is 5.87. The van der Waals surface area contributed by atoms with E-state index in [0.717, 1.165) is 37.6 Å². The summed E-state index contributed by atoms with van der Waals surface area (Å²) < 4.78 is 10.6. The molecule has 2 aromatic carbocycles. The standard InChI is InChI=1S/C20H22N6O2/c1-27-20-24-18(14-3-2-4-15(21)13-14)23-19(25-20)22-16-5-7-17(8-6-16)26-9-11-28-12-10-26/h2-8,13H,9-12,21H2,1H3,(H,22,23,24,25). The third-order valence-corrected chi connectivity index (χ3v) is 4.44. The van der Waals surface area contributed by atoms with E-state index < -0.39 is 0 Å². The van der Waals surface area contributed by atoms with Gasteiger partial charge in [0.05, 0.1) is 20.3 Å². The first-order valence-corrected chi connectivity index (χ1v) is 9.07. The van der Waals surface area contributed by atoms with Crippen molar-refractivity contribution in [2.75, 3.05) is 49.4 Å². The Balaban J connectivity index is 1.56. The van der Waals surface area contributed by atoms with Gasteiger partial charge in [0.15, 0.2) is 5.82 Å². The summed E-state index contributed by atoms with van der Waals surface area (Å²) in [4.78, 5) is 15.4. The zero-order valence-corrected chi connectivity index (χ0v) is 15.6. The average molecular weight is 378 g/mol. The first kappa shape index (κ1) is 18.0. The number of nitrogens with two attached hydrogens (primary N) is 1. The minimum atomic E-state index is 0.236. The van der Waals surface area contributed by atoms with Gasteiger partial charge in [-0.25, -0.2) is 0 Å². The van der Waals surface area contributed by atoms with E-state index in [4.69, 9.17) is 15.2 Å². The zero-order chi connectivity index (χ0) is 19.3. The molecule has 1 aliphatic heterocycles. The first-order chi connectivity index (χ1) is 13.7. The van der Waals surface area contributed by atoms with Crippen molar-refractivity contribution < 1.29 is 9.47 Å². The second kappa shape index (κ2) is 8.10. The van der Waals surface area contributed by atoms with E-state index >= 15 is 0 Å². The number of nitrogen functional groups attached to an aromatic ring is 1. The van der Waals surface area contributed by atoms with Gasteiger partial charge in [0.2, 0.25) is 5.95 Å². The number of hydrogen-bond donors (Lipinski definition) is 2. The molecule has 8 heteroatoms. The Morgan fingerprint density at radius 2 is 1.82 bits per heavy atom. The van der Waals surface area contributed by atoms with Gasteiger partial charge in [-0.2, -0.15) is 15.0 Å². The van der Waals surface area contributed by atoms with Crippen molar-refractivity contribution in [2.24, 2.45) is 0 Å². The normalized spacial score (nSPS) is 14.0. The molecule has 28 heavy (non-hydrogen) atoms. The zero-order valence-electron chi connectivity index (χ0n) is 15.6. The third kappa shape index (κ3) is 4.12. The molecule has 1 saturated heterocycles. The number of nitrogens with one attached hydrogen (secondary N) is 1. The van der Waals surface area contributed by atoms with Crippen LogP contribution in [0.2, 0.25) is 0 Å². The number of methoxy groups -OCH3 is 1. The Morgan fingerprint density at radius 3 is 2.54 bits per heavy atom. The molecule has 4 rings (SSSR count). The highest BCUT2D eigenvalue weighted by Gasteiger charge is 2.12. The molecular formula is C20H22N6O2. The van der Waals surface area contributed by atoms with Crippen LogP contribution in [0.4, 0.5) is 23.0 Å². The summed E-state index contributed by atoms with van der Waals surface area (Å²) in [7, 11) is 1.53. The Bertz CT molecular complexity index is 942. The Morgan fingerprint density at radius 1 is 1.04 bits per heavy atom. The van der Waals surface area contributed by atoms with Gasteiger partial charge >= 0.3 is 6.01 Å². The summed E-state index contributed by atoms with van der Waals surface area (Å²) in [5.74, 6) is 0.898. The second-order valence-corrected chi connectivity index (χ2v) is 6.37. The van der Waals surface area contributed by atoms with Crippen molar-refractivity contribution in [3.05, 3.63) is 48.5 Å². The summed E-state index contributed by atoms with van der Waals surface area (Å²) in [6, 6.07) is 15.8. The molecule has 0 amide bonds. The monoisotopic (exact) mass is 378 g/mol. The fourth-order valence-electron chi connectivity index (χ4n) is 3.02. The van der Waals surface area contributed by atoms with Crippen molar-refractivity contribution in [3.63, 3.8) is 0 Å². The molecule has 1 fully saturated rings. The maximum absolute atomic E-state index is 5.87. The van der Waals surface area contributed by atoms with Crippen LogP contribution in [0.25, 0.3) is 11.4 Å². The number of anilines is 4. The molecule has 3 aromatic rings. The molecule has 0 bridgehead atoms. The van der Waals surface area contributed by atoms with Crippen molar-refractivity contribution in [2.45, 2.75) is 0 Å². The predicted molar refractivity (Wildman–Crippen MR) is 109 cm³/mol. The largest absolute Gasteiger partial charge is 0.467 e. The van der Waals surface area contributed by atoms with Gasteiger partial charge in [-0.1, -0.05) is 12.1 Å². The lowest BCUT2D eigenvalue weighted by Crippen LogP contribution is -2.36. The van der Waals surface area contributed by atoms with Crippen LogP contribution in [0.15, 0.2) is 48.5 Å². The highest BCUT2D eigenvalue weighted by molar-refractivity contribution is 5.64. The minimum absolute atomic E-state index is 0.236. The van der Waals surface area contributed by atoms with Crippen LogP contribution in [0.1, 0.15) is 0 Å². The van der Waals surface area contributed by atoms with E-state index in [1.807, 2.05) is 36.4 Å². The number of morpholine rings is 1. The fraction of sp³-hybridized carbons (Fsp3) is 0.250. The summed E-state index contributed by atoms with van der Waals surface area (Å²) in [6.07, 6.45) is 0. The molecule has 8 nitrogen and oxygen atoms in total. The van der Waals surface area contributed by atoms with Gasteiger partial charge in [0, 0.05) is 35.7 Å². The summed E-state index contributed by atoms with van der Waals surface area (Å²) in [6.45, 7) is 3.33. The van der Waals surface area contributed by atoms with E-state index in [-0.39, 0.29) is 6.01 Å². The predicted octanol–water partition coefficient (Wildman–Crippen LogP) is 2.71. The van der Waals surface area contributed by atoms with Gasteiger partial charge in [-0.3, -0.25) is 0 Å². The number of aromatic nitrogens is 3. The van der Waals surface area contributed by atoms with E-state index in [0.29, 0.717) is 17.5 Å². The molecule has 2 heterocycles. The average Bonchev–Trinajstić information content (AvgIpc) is 2.74. The maximum Gasteiger partial charge on any atom is 0.321 e. The quantitative estimate of drug-likeness (QED) is 0.654.